The van der Waals surface area contributed by atoms with Crippen molar-refractivity contribution in [2.45, 2.75) is 111 Å². The van der Waals surface area contributed by atoms with E-state index in [-0.39, 0.29) is 5.91 Å². The summed E-state index contributed by atoms with van der Waals surface area (Å²) >= 11 is 0. The molecular weight excluding hydrogens is 356 g/mol. The Morgan fingerprint density at radius 3 is 1.66 bits per heavy atom. The second-order valence-electron chi connectivity index (χ2n) is 8.57. The van der Waals surface area contributed by atoms with Gasteiger partial charge in [-0.1, -0.05) is 109 Å². The molecule has 1 aromatic carbocycles. The largest absolute Gasteiger partial charge is 0.376 e. The fourth-order valence-corrected chi connectivity index (χ4v) is 3.87. The number of unbranched alkanes of at least 4 members (excludes halogenated alkanes) is 13. The molecule has 0 aliphatic rings. The molecule has 0 aliphatic carbocycles. The van der Waals surface area contributed by atoms with Crippen LogP contribution in [0, 0.1) is 13.8 Å². The molecule has 0 bridgehead atoms. The Morgan fingerprint density at radius 2 is 1.17 bits per heavy atom. The molecule has 0 fully saturated rings. The average molecular weight is 403 g/mol. The zero-order chi connectivity index (χ0) is 21.2. The summed E-state index contributed by atoms with van der Waals surface area (Å²) in [6.45, 7) is 7.57. The van der Waals surface area contributed by atoms with Crippen LogP contribution in [0.25, 0.3) is 0 Å². The van der Waals surface area contributed by atoms with Crippen LogP contribution < -0.4 is 10.6 Å². The number of carbonyl (C=O) groups excluding carboxylic acids is 1. The Morgan fingerprint density at radius 1 is 0.724 bits per heavy atom. The highest BCUT2D eigenvalue weighted by Crippen LogP contribution is 2.18. The molecule has 3 heteroatoms. The van der Waals surface area contributed by atoms with Gasteiger partial charge in [-0.15, -0.1) is 0 Å². The van der Waals surface area contributed by atoms with E-state index in [0.29, 0.717) is 6.54 Å². The van der Waals surface area contributed by atoms with Crippen molar-refractivity contribution in [1.29, 1.82) is 0 Å². The number of aryl methyl sites for hydroxylation is 2. The van der Waals surface area contributed by atoms with Gasteiger partial charge in [0.25, 0.3) is 0 Å². The Bertz CT molecular complexity index is 521. The topological polar surface area (TPSA) is 41.1 Å². The molecule has 1 aromatic rings. The van der Waals surface area contributed by atoms with E-state index in [4.69, 9.17) is 0 Å². The van der Waals surface area contributed by atoms with Gasteiger partial charge in [0.15, 0.2) is 0 Å². The summed E-state index contributed by atoms with van der Waals surface area (Å²) < 4.78 is 0. The molecule has 0 unspecified atom stereocenters. The number of hydrogen-bond donors (Lipinski definition) is 2. The third-order valence-corrected chi connectivity index (χ3v) is 5.76. The zero-order valence-electron chi connectivity index (χ0n) is 19.5. The number of carbonyl (C=O) groups is 1. The monoisotopic (exact) mass is 402 g/mol. The molecule has 0 saturated carbocycles. The lowest BCUT2D eigenvalue weighted by Gasteiger charge is -2.12. The maximum Gasteiger partial charge on any atom is 0.239 e. The molecule has 0 saturated heterocycles. The summed E-state index contributed by atoms with van der Waals surface area (Å²) in [7, 11) is 0. The molecule has 0 heterocycles. The number of anilines is 1. The minimum absolute atomic E-state index is 0.0855. The number of nitrogens with one attached hydrogen (secondary N) is 2. The highest BCUT2D eigenvalue weighted by Gasteiger charge is 2.04. The van der Waals surface area contributed by atoms with Crippen molar-refractivity contribution in [3.8, 4) is 0 Å². The zero-order valence-corrected chi connectivity index (χ0v) is 19.5. The lowest BCUT2D eigenvalue weighted by atomic mass is 10.0. The van der Waals surface area contributed by atoms with E-state index in [1.165, 1.54) is 94.6 Å². The molecule has 0 spiro atoms. The van der Waals surface area contributed by atoms with Crippen LogP contribution in [0.2, 0.25) is 0 Å². The molecule has 3 nitrogen and oxygen atoms in total. The molecule has 29 heavy (non-hydrogen) atoms. The number of amides is 1. The quantitative estimate of drug-likeness (QED) is 0.253. The van der Waals surface area contributed by atoms with Gasteiger partial charge in [0.2, 0.25) is 5.91 Å². The van der Waals surface area contributed by atoms with E-state index in [1.807, 2.05) is 6.07 Å². The number of hydrogen-bond acceptors (Lipinski definition) is 2. The van der Waals surface area contributed by atoms with Crippen LogP contribution in [-0.4, -0.2) is 19.0 Å². The van der Waals surface area contributed by atoms with Gasteiger partial charge in [0.05, 0.1) is 6.54 Å². The highest BCUT2D eigenvalue weighted by molar-refractivity contribution is 5.81. The SMILES string of the molecule is CCCCCCCCCCCCCCCCNC(=O)CNc1c(C)cccc1C. The van der Waals surface area contributed by atoms with Crippen molar-refractivity contribution in [2.75, 3.05) is 18.4 Å². The van der Waals surface area contributed by atoms with Crippen LogP contribution in [0.3, 0.4) is 0 Å². The van der Waals surface area contributed by atoms with Crippen LogP contribution in [0.1, 0.15) is 108 Å². The number of rotatable bonds is 18. The summed E-state index contributed by atoms with van der Waals surface area (Å²) in [6.07, 6.45) is 19.1. The third kappa shape index (κ3) is 13.4. The van der Waals surface area contributed by atoms with E-state index in [2.05, 4.69) is 43.5 Å². The van der Waals surface area contributed by atoms with Crippen molar-refractivity contribution in [2.24, 2.45) is 0 Å². The van der Waals surface area contributed by atoms with Crippen molar-refractivity contribution >= 4 is 11.6 Å². The summed E-state index contributed by atoms with van der Waals surface area (Å²) in [6, 6.07) is 6.19. The van der Waals surface area contributed by atoms with Crippen molar-refractivity contribution in [3.63, 3.8) is 0 Å². The first-order valence-electron chi connectivity index (χ1n) is 12.2. The summed E-state index contributed by atoms with van der Waals surface area (Å²) in [5, 5.41) is 6.30. The summed E-state index contributed by atoms with van der Waals surface area (Å²) in [5.74, 6) is 0.0855. The van der Waals surface area contributed by atoms with Gasteiger partial charge in [0.1, 0.15) is 0 Å². The van der Waals surface area contributed by atoms with Crippen LogP contribution in [0.4, 0.5) is 5.69 Å². The fraction of sp³-hybridized carbons (Fsp3) is 0.731. The standard InChI is InChI=1S/C26H46N2O/c1-4-5-6-7-8-9-10-11-12-13-14-15-16-17-21-27-25(29)22-28-26-23(2)19-18-20-24(26)3/h18-20,28H,4-17,21-22H2,1-3H3,(H,27,29). The van der Waals surface area contributed by atoms with Gasteiger partial charge < -0.3 is 10.6 Å². The van der Waals surface area contributed by atoms with Crippen LogP contribution in [0.15, 0.2) is 18.2 Å². The van der Waals surface area contributed by atoms with Crippen LogP contribution in [0.5, 0.6) is 0 Å². The van der Waals surface area contributed by atoms with E-state index in [9.17, 15) is 4.79 Å². The van der Waals surface area contributed by atoms with Crippen molar-refractivity contribution in [3.05, 3.63) is 29.3 Å². The first kappa shape index (κ1) is 25.5. The molecule has 2 N–H and O–H groups in total. The normalized spacial score (nSPS) is 10.9. The van der Waals surface area contributed by atoms with Gasteiger partial charge in [-0.2, -0.15) is 0 Å². The number of benzene rings is 1. The second-order valence-corrected chi connectivity index (χ2v) is 8.57. The van der Waals surface area contributed by atoms with Crippen molar-refractivity contribution < 1.29 is 4.79 Å². The van der Waals surface area contributed by atoms with Crippen LogP contribution in [-0.2, 0) is 4.79 Å². The van der Waals surface area contributed by atoms with E-state index >= 15 is 0 Å². The molecule has 0 aliphatic heterocycles. The molecule has 166 valence electrons. The fourth-order valence-electron chi connectivity index (χ4n) is 3.87. The Kier molecular flexibility index (Phi) is 15.3. The molecule has 0 radical (unpaired) electrons. The smallest absolute Gasteiger partial charge is 0.239 e. The maximum atomic E-state index is 12.0. The molecule has 0 atom stereocenters. The van der Waals surface area contributed by atoms with Gasteiger partial charge in [-0.05, 0) is 31.4 Å². The molecule has 1 rings (SSSR count). The first-order chi connectivity index (χ1) is 14.1. The first-order valence-corrected chi connectivity index (χ1v) is 12.2. The minimum Gasteiger partial charge on any atom is -0.376 e. The van der Waals surface area contributed by atoms with Gasteiger partial charge in [-0.25, -0.2) is 0 Å². The minimum atomic E-state index is 0.0855. The molecular formula is C26H46N2O. The van der Waals surface area contributed by atoms with Crippen molar-refractivity contribution in [1.82, 2.24) is 5.32 Å². The number of para-hydroxylation sites is 1. The average Bonchev–Trinajstić information content (AvgIpc) is 2.70. The predicted molar refractivity (Wildman–Crippen MR) is 128 cm³/mol. The predicted octanol–water partition coefficient (Wildman–Crippen LogP) is 7.31. The van der Waals surface area contributed by atoms with E-state index in [0.717, 1.165) is 18.7 Å². The Balaban J connectivity index is 1.86. The summed E-state index contributed by atoms with van der Waals surface area (Å²) in [4.78, 5) is 12.0. The molecule has 1 amide bonds. The lowest BCUT2D eigenvalue weighted by molar-refractivity contribution is -0.119. The highest BCUT2D eigenvalue weighted by atomic mass is 16.1. The Labute approximate surface area is 180 Å². The van der Waals surface area contributed by atoms with Gasteiger partial charge >= 0.3 is 0 Å². The molecule has 0 aromatic heterocycles. The van der Waals surface area contributed by atoms with Gasteiger partial charge in [0, 0.05) is 12.2 Å². The van der Waals surface area contributed by atoms with Gasteiger partial charge in [-0.3, -0.25) is 4.79 Å². The van der Waals surface area contributed by atoms with Crippen LogP contribution >= 0.6 is 0 Å². The maximum absolute atomic E-state index is 12.0. The lowest BCUT2D eigenvalue weighted by Crippen LogP contribution is -2.30. The Hall–Kier alpha value is -1.51. The third-order valence-electron chi connectivity index (χ3n) is 5.76. The van der Waals surface area contributed by atoms with E-state index in [1.54, 1.807) is 0 Å². The second kappa shape index (κ2) is 17.4. The summed E-state index contributed by atoms with van der Waals surface area (Å²) in [5.41, 5.74) is 3.45. The van der Waals surface area contributed by atoms with E-state index < -0.39 is 0 Å².